The molecule has 1 aliphatic rings. The van der Waals surface area contributed by atoms with Crippen LogP contribution < -0.4 is 4.90 Å². The predicted molar refractivity (Wildman–Crippen MR) is 59.8 cm³/mol. The molecule has 1 saturated heterocycles. The van der Waals surface area contributed by atoms with Crippen molar-refractivity contribution in [3.63, 3.8) is 0 Å². The SMILES string of the molecule is O=C(O)c1ccc(Br)cc1N1CCOC1=O. The smallest absolute Gasteiger partial charge is 0.414 e. The number of aromatic carboxylic acids is 1. The average Bonchev–Trinajstić information content (AvgIpc) is 2.63. The van der Waals surface area contributed by atoms with Gasteiger partial charge < -0.3 is 9.84 Å². The molecule has 0 radical (unpaired) electrons. The summed E-state index contributed by atoms with van der Waals surface area (Å²) in [7, 11) is 0. The van der Waals surface area contributed by atoms with Gasteiger partial charge in [-0.3, -0.25) is 4.90 Å². The van der Waals surface area contributed by atoms with Gasteiger partial charge in [0.1, 0.15) is 6.61 Å². The Labute approximate surface area is 99.7 Å². The molecule has 1 aliphatic heterocycles. The second kappa shape index (κ2) is 4.13. The van der Waals surface area contributed by atoms with Crippen molar-refractivity contribution >= 4 is 33.7 Å². The Hall–Kier alpha value is -1.56. The Balaban J connectivity index is 2.48. The Bertz CT molecular complexity index is 460. The molecule has 5 nitrogen and oxygen atoms in total. The molecule has 0 aliphatic carbocycles. The molecule has 0 atom stereocenters. The van der Waals surface area contributed by atoms with Crippen molar-refractivity contribution in [1.29, 1.82) is 0 Å². The molecule has 1 heterocycles. The summed E-state index contributed by atoms with van der Waals surface area (Å²) in [6.07, 6.45) is -0.513. The van der Waals surface area contributed by atoms with Crippen molar-refractivity contribution < 1.29 is 19.4 Å². The molecule has 1 aromatic rings. The van der Waals surface area contributed by atoms with E-state index in [9.17, 15) is 9.59 Å². The Morgan fingerprint density at radius 1 is 1.50 bits per heavy atom. The first kappa shape index (κ1) is 10.9. The molecule has 6 heteroatoms. The van der Waals surface area contributed by atoms with E-state index in [-0.39, 0.29) is 12.2 Å². The number of hydrogen-bond donors (Lipinski definition) is 1. The molecule has 0 bridgehead atoms. The van der Waals surface area contributed by atoms with Crippen LogP contribution >= 0.6 is 15.9 Å². The van der Waals surface area contributed by atoms with Gasteiger partial charge in [-0.15, -0.1) is 0 Å². The Morgan fingerprint density at radius 2 is 2.25 bits per heavy atom. The molecule has 2 rings (SSSR count). The number of benzene rings is 1. The van der Waals surface area contributed by atoms with Crippen LogP contribution in [0.4, 0.5) is 10.5 Å². The highest BCUT2D eigenvalue weighted by atomic mass is 79.9. The minimum Gasteiger partial charge on any atom is -0.478 e. The highest BCUT2D eigenvalue weighted by Gasteiger charge is 2.27. The maximum atomic E-state index is 11.4. The molecule has 84 valence electrons. The van der Waals surface area contributed by atoms with Gasteiger partial charge in [0.15, 0.2) is 0 Å². The third-order valence-electron chi connectivity index (χ3n) is 2.24. The third kappa shape index (κ3) is 1.88. The predicted octanol–water partition coefficient (Wildman–Crippen LogP) is 2.10. The van der Waals surface area contributed by atoms with Gasteiger partial charge in [0.25, 0.3) is 0 Å². The number of cyclic esters (lactones) is 1. The molecule has 1 N–H and O–H groups in total. The number of nitrogens with zero attached hydrogens (tertiary/aromatic N) is 1. The molecule has 0 saturated carbocycles. The normalized spacial score (nSPS) is 15.1. The first-order valence-corrected chi connectivity index (χ1v) is 5.36. The van der Waals surface area contributed by atoms with Crippen molar-refractivity contribution in [2.24, 2.45) is 0 Å². The zero-order valence-corrected chi connectivity index (χ0v) is 9.73. The summed E-state index contributed by atoms with van der Waals surface area (Å²) < 4.78 is 5.49. The molecule has 16 heavy (non-hydrogen) atoms. The van der Waals surface area contributed by atoms with Gasteiger partial charge in [-0.2, -0.15) is 0 Å². The van der Waals surface area contributed by atoms with Gasteiger partial charge in [0, 0.05) is 4.47 Å². The fourth-order valence-electron chi connectivity index (χ4n) is 1.52. The van der Waals surface area contributed by atoms with Crippen LogP contribution in [-0.4, -0.2) is 30.3 Å². The van der Waals surface area contributed by atoms with E-state index in [0.717, 1.165) is 0 Å². The molecule has 0 aromatic heterocycles. The molecular formula is C10H8BrNO4. The number of amides is 1. The monoisotopic (exact) mass is 285 g/mol. The maximum absolute atomic E-state index is 11.4. The van der Waals surface area contributed by atoms with Crippen molar-refractivity contribution in [3.8, 4) is 0 Å². The average molecular weight is 286 g/mol. The molecule has 0 spiro atoms. The summed E-state index contributed by atoms with van der Waals surface area (Å²) in [5.74, 6) is -1.07. The number of carboxylic acids is 1. The number of carbonyl (C=O) groups is 2. The van der Waals surface area contributed by atoms with Crippen LogP contribution in [-0.2, 0) is 4.74 Å². The number of carbonyl (C=O) groups excluding carboxylic acids is 1. The Morgan fingerprint density at radius 3 is 2.81 bits per heavy atom. The highest BCUT2D eigenvalue weighted by Crippen LogP contribution is 2.27. The first-order valence-electron chi connectivity index (χ1n) is 4.57. The lowest BCUT2D eigenvalue weighted by Crippen LogP contribution is -2.25. The number of rotatable bonds is 2. The van der Waals surface area contributed by atoms with Crippen molar-refractivity contribution in [3.05, 3.63) is 28.2 Å². The van der Waals surface area contributed by atoms with E-state index in [1.807, 2.05) is 0 Å². The number of ether oxygens (including phenoxy) is 1. The van der Waals surface area contributed by atoms with Crippen LogP contribution in [0.2, 0.25) is 0 Å². The maximum Gasteiger partial charge on any atom is 0.414 e. The standard InChI is InChI=1S/C10H8BrNO4/c11-6-1-2-7(9(13)14)8(5-6)12-3-4-16-10(12)15/h1-2,5H,3-4H2,(H,13,14). The minimum absolute atomic E-state index is 0.0852. The number of carboxylic acid groups (broad SMARTS) is 1. The van der Waals surface area contributed by atoms with Crippen LogP contribution in [0, 0.1) is 0 Å². The lowest BCUT2D eigenvalue weighted by atomic mass is 10.1. The van der Waals surface area contributed by atoms with Crippen LogP contribution in [0.5, 0.6) is 0 Å². The van der Waals surface area contributed by atoms with Gasteiger partial charge >= 0.3 is 12.1 Å². The highest BCUT2D eigenvalue weighted by molar-refractivity contribution is 9.10. The number of anilines is 1. The topological polar surface area (TPSA) is 66.8 Å². The van der Waals surface area contributed by atoms with E-state index in [0.29, 0.717) is 16.7 Å². The minimum atomic E-state index is -1.07. The van der Waals surface area contributed by atoms with E-state index in [2.05, 4.69) is 15.9 Å². The lowest BCUT2D eigenvalue weighted by molar-refractivity contribution is 0.0697. The quantitative estimate of drug-likeness (QED) is 0.904. The zero-order valence-electron chi connectivity index (χ0n) is 8.14. The lowest BCUT2D eigenvalue weighted by Gasteiger charge is -2.15. The summed E-state index contributed by atoms with van der Waals surface area (Å²) >= 11 is 3.24. The van der Waals surface area contributed by atoms with E-state index < -0.39 is 12.1 Å². The first-order chi connectivity index (χ1) is 7.59. The molecular weight excluding hydrogens is 278 g/mol. The van der Waals surface area contributed by atoms with Crippen LogP contribution in [0.1, 0.15) is 10.4 Å². The van der Waals surface area contributed by atoms with Gasteiger partial charge in [-0.1, -0.05) is 15.9 Å². The third-order valence-corrected chi connectivity index (χ3v) is 2.74. The number of hydrogen-bond acceptors (Lipinski definition) is 3. The van der Waals surface area contributed by atoms with Gasteiger partial charge in [-0.25, -0.2) is 9.59 Å². The van der Waals surface area contributed by atoms with Gasteiger partial charge in [-0.05, 0) is 18.2 Å². The number of halogens is 1. The molecule has 1 fully saturated rings. The second-order valence-electron chi connectivity index (χ2n) is 3.23. The van der Waals surface area contributed by atoms with Crippen molar-refractivity contribution in [1.82, 2.24) is 0 Å². The van der Waals surface area contributed by atoms with E-state index in [1.54, 1.807) is 12.1 Å². The summed E-state index contributed by atoms with van der Waals surface area (Å²) in [4.78, 5) is 23.7. The molecule has 1 amide bonds. The molecule has 0 unspecified atom stereocenters. The van der Waals surface area contributed by atoms with Gasteiger partial charge in [0.2, 0.25) is 0 Å². The van der Waals surface area contributed by atoms with Gasteiger partial charge in [0.05, 0.1) is 17.8 Å². The summed E-state index contributed by atoms with van der Waals surface area (Å²) in [5.41, 5.74) is 0.437. The van der Waals surface area contributed by atoms with E-state index in [1.165, 1.54) is 11.0 Å². The van der Waals surface area contributed by atoms with E-state index in [4.69, 9.17) is 9.84 Å². The van der Waals surface area contributed by atoms with Crippen molar-refractivity contribution in [2.45, 2.75) is 0 Å². The largest absolute Gasteiger partial charge is 0.478 e. The van der Waals surface area contributed by atoms with Crippen LogP contribution in [0.15, 0.2) is 22.7 Å². The van der Waals surface area contributed by atoms with Crippen LogP contribution in [0.25, 0.3) is 0 Å². The second-order valence-corrected chi connectivity index (χ2v) is 4.15. The van der Waals surface area contributed by atoms with Crippen molar-refractivity contribution in [2.75, 3.05) is 18.1 Å². The summed E-state index contributed by atoms with van der Waals surface area (Å²) in [5, 5.41) is 9.01. The fraction of sp³-hybridized carbons (Fsp3) is 0.200. The Kier molecular flexibility index (Phi) is 2.82. The zero-order chi connectivity index (χ0) is 11.7. The fourth-order valence-corrected chi connectivity index (χ4v) is 1.87. The van der Waals surface area contributed by atoms with E-state index >= 15 is 0 Å². The van der Waals surface area contributed by atoms with Crippen LogP contribution in [0.3, 0.4) is 0 Å². The molecule has 1 aromatic carbocycles. The summed E-state index contributed by atoms with van der Waals surface area (Å²) in [6, 6.07) is 4.66. The summed E-state index contributed by atoms with van der Waals surface area (Å²) in [6.45, 7) is 0.653.